The number of esters is 1. The molecule has 2 aromatic rings. The SMILES string of the molecule is COC[C@H](C)n1c(C)cc(C(=O)COC(=O)/C=C/c2ccccc2C)c1C. The van der Waals surface area contributed by atoms with Gasteiger partial charge in [0.2, 0.25) is 5.78 Å². The molecule has 0 unspecified atom stereocenters. The van der Waals surface area contributed by atoms with E-state index in [1.165, 1.54) is 6.08 Å². The van der Waals surface area contributed by atoms with Gasteiger partial charge in [-0.15, -0.1) is 0 Å². The number of carbonyl (C=O) groups is 2. The van der Waals surface area contributed by atoms with Gasteiger partial charge in [-0.25, -0.2) is 4.79 Å². The van der Waals surface area contributed by atoms with E-state index in [1.807, 2.05) is 58.0 Å². The number of methoxy groups -OCH3 is 1. The molecule has 1 atom stereocenters. The lowest BCUT2D eigenvalue weighted by molar-refractivity contribution is -0.136. The second kappa shape index (κ2) is 9.33. The van der Waals surface area contributed by atoms with Crippen molar-refractivity contribution in [2.24, 2.45) is 0 Å². The molecule has 144 valence electrons. The molecule has 0 radical (unpaired) electrons. The maximum absolute atomic E-state index is 12.5. The van der Waals surface area contributed by atoms with E-state index < -0.39 is 5.97 Å². The van der Waals surface area contributed by atoms with Crippen LogP contribution in [-0.4, -0.2) is 36.6 Å². The lowest BCUT2D eigenvalue weighted by Crippen LogP contribution is -2.16. The van der Waals surface area contributed by atoms with Crippen LogP contribution in [-0.2, 0) is 14.3 Å². The Hall–Kier alpha value is -2.66. The van der Waals surface area contributed by atoms with E-state index in [9.17, 15) is 9.59 Å². The summed E-state index contributed by atoms with van der Waals surface area (Å²) >= 11 is 0. The first-order valence-electron chi connectivity index (χ1n) is 8.96. The van der Waals surface area contributed by atoms with Crippen LogP contribution in [0.1, 0.15) is 45.8 Å². The van der Waals surface area contributed by atoms with Gasteiger partial charge >= 0.3 is 5.97 Å². The number of ketones is 1. The summed E-state index contributed by atoms with van der Waals surface area (Å²) in [7, 11) is 1.65. The van der Waals surface area contributed by atoms with Gasteiger partial charge in [0.05, 0.1) is 12.6 Å². The highest BCUT2D eigenvalue weighted by molar-refractivity contribution is 6.00. The van der Waals surface area contributed by atoms with Crippen LogP contribution in [0, 0.1) is 20.8 Å². The highest BCUT2D eigenvalue weighted by atomic mass is 16.5. The van der Waals surface area contributed by atoms with Crippen molar-refractivity contribution in [1.29, 1.82) is 0 Å². The minimum Gasteiger partial charge on any atom is -0.454 e. The van der Waals surface area contributed by atoms with Crippen LogP contribution in [0.3, 0.4) is 0 Å². The van der Waals surface area contributed by atoms with Crippen molar-refractivity contribution in [1.82, 2.24) is 4.57 Å². The molecule has 0 spiro atoms. The standard InChI is InChI=1S/C22H27NO4/c1-15-8-6-7-9-19(15)10-11-22(25)27-14-21(24)20-12-16(2)23(18(20)4)17(3)13-26-5/h6-12,17H,13-14H2,1-5H3/b11-10+/t17-/m0/s1. The number of benzene rings is 1. The number of aryl methyl sites for hydroxylation is 2. The monoisotopic (exact) mass is 369 g/mol. The third kappa shape index (κ3) is 5.17. The molecule has 5 heteroatoms. The van der Waals surface area contributed by atoms with Crippen molar-refractivity contribution in [3.63, 3.8) is 0 Å². The molecule has 0 fully saturated rings. The number of hydrogen-bond donors (Lipinski definition) is 0. The van der Waals surface area contributed by atoms with Gasteiger partial charge in [0.15, 0.2) is 6.61 Å². The zero-order valence-corrected chi connectivity index (χ0v) is 16.6. The van der Waals surface area contributed by atoms with Crippen LogP contribution < -0.4 is 0 Å². The van der Waals surface area contributed by atoms with Crippen molar-refractivity contribution >= 4 is 17.8 Å². The molecule has 1 aromatic heterocycles. The van der Waals surface area contributed by atoms with E-state index in [0.29, 0.717) is 12.2 Å². The van der Waals surface area contributed by atoms with Crippen LogP contribution in [0.5, 0.6) is 0 Å². The lowest BCUT2D eigenvalue weighted by atomic mass is 10.1. The Morgan fingerprint density at radius 3 is 2.56 bits per heavy atom. The van der Waals surface area contributed by atoms with E-state index in [0.717, 1.165) is 22.5 Å². The van der Waals surface area contributed by atoms with Crippen LogP contribution in [0.15, 0.2) is 36.4 Å². The maximum Gasteiger partial charge on any atom is 0.331 e. The summed E-state index contributed by atoms with van der Waals surface area (Å²) in [6, 6.07) is 9.68. The molecule has 2 rings (SSSR count). The Morgan fingerprint density at radius 2 is 1.89 bits per heavy atom. The first-order chi connectivity index (χ1) is 12.8. The Morgan fingerprint density at radius 1 is 1.19 bits per heavy atom. The minimum absolute atomic E-state index is 0.121. The molecular weight excluding hydrogens is 342 g/mol. The van der Waals surface area contributed by atoms with Crippen LogP contribution in [0.4, 0.5) is 0 Å². The zero-order chi connectivity index (χ0) is 20.0. The summed E-state index contributed by atoms with van der Waals surface area (Å²) in [5, 5.41) is 0. The molecule has 1 heterocycles. The van der Waals surface area contributed by atoms with Gasteiger partial charge in [0.1, 0.15) is 0 Å². The average molecular weight is 369 g/mol. The highest BCUT2D eigenvalue weighted by Crippen LogP contribution is 2.21. The Kier molecular flexibility index (Phi) is 7.13. The average Bonchev–Trinajstić information content (AvgIpc) is 2.93. The van der Waals surface area contributed by atoms with Crippen molar-refractivity contribution in [3.8, 4) is 0 Å². The zero-order valence-electron chi connectivity index (χ0n) is 16.6. The first kappa shape index (κ1) is 20.6. The third-order valence-corrected chi connectivity index (χ3v) is 4.57. The summed E-state index contributed by atoms with van der Waals surface area (Å²) in [5.74, 6) is -0.746. The predicted octanol–water partition coefficient (Wildman–Crippen LogP) is 4.06. The Labute approximate surface area is 160 Å². The molecule has 5 nitrogen and oxygen atoms in total. The quantitative estimate of drug-likeness (QED) is 0.400. The second-order valence-corrected chi connectivity index (χ2v) is 6.68. The normalized spacial score (nSPS) is 12.3. The number of carbonyl (C=O) groups excluding carboxylic acids is 2. The molecule has 27 heavy (non-hydrogen) atoms. The molecule has 0 N–H and O–H groups in total. The third-order valence-electron chi connectivity index (χ3n) is 4.57. The first-order valence-corrected chi connectivity index (χ1v) is 8.96. The number of aromatic nitrogens is 1. The predicted molar refractivity (Wildman–Crippen MR) is 106 cm³/mol. The van der Waals surface area contributed by atoms with E-state index in [4.69, 9.17) is 9.47 Å². The van der Waals surface area contributed by atoms with Gasteiger partial charge in [-0.05, 0) is 51.0 Å². The minimum atomic E-state index is -0.534. The number of hydrogen-bond acceptors (Lipinski definition) is 4. The number of Topliss-reactive ketones (excluding diaryl/α,β-unsaturated/α-hetero) is 1. The molecule has 1 aromatic carbocycles. The number of rotatable bonds is 8. The van der Waals surface area contributed by atoms with Gasteiger partial charge in [-0.1, -0.05) is 24.3 Å². The van der Waals surface area contributed by atoms with Crippen molar-refractivity contribution in [3.05, 3.63) is 64.5 Å². The summed E-state index contributed by atoms with van der Waals surface area (Å²) < 4.78 is 12.4. The maximum atomic E-state index is 12.5. The Bertz CT molecular complexity index is 848. The van der Waals surface area contributed by atoms with Crippen LogP contribution in [0.25, 0.3) is 6.08 Å². The topological polar surface area (TPSA) is 57.5 Å². The summed E-state index contributed by atoms with van der Waals surface area (Å²) in [6.07, 6.45) is 3.04. The van der Waals surface area contributed by atoms with E-state index in [1.54, 1.807) is 13.2 Å². The number of nitrogens with zero attached hydrogens (tertiary/aromatic N) is 1. The second-order valence-electron chi connectivity index (χ2n) is 6.68. The fraction of sp³-hybridized carbons (Fsp3) is 0.364. The lowest BCUT2D eigenvalue weighted by Gasteiger charge is -2.17. The molecule has 0 aliphatic rings. The van der Waals surface area contributed by atoms with Crippen molar-refractivity contribution in [2.45, 2.75) is 33.7 Å². The number of ether oxygens (including phenoxy) is 2. The Balaban J connectivity index is 2.00. The van der Waals surface area contributed by atoms with E-state index >= 15 is 0 Å². The van der Waals surface area contributed by atoms with Crippen molar-refractivity contribution in [2.75, 3.05) is 20.3 Å². The van der Waals surface area contributed by atoms with Crippen molar-refractivity contribution < 1.29 is 19.1 Å². The van der Waals surface area contributed by atoms with E-state index in [-0.39, 0.29) is 18.4 Å². The van der Waals surface area contributed by atoms with Crippen LogP contribution in [0.2, 0.25) is 0 Å². The summed E-state index contributed by atoms with van der Waals surface area (Å²) in [5.41, 5.74) is 4.41. The molecule has 0 aliphatic carbocycles. The van der Waals surface area contributed by atoms with Crippen LogP contribution >= 0.6 is 0 Å². The molecule has 0 bridgehead atoms. The smallest absolute Gasteiger partial charge is 0.331 e. The van der Waals surface area contributed by atoms with Gasteiger partial charge in [0.25, 0.3) is 0 Å². The summed E-state index contributed by atoms with van der Waals surface area (Å²) in [4.78, 5) is 24.4. The summed E-state index contributed by atoms with van der Waals surface area (Å²) in [6.45, 7) is 8.13. The fourth-order valence-electron chi connectivity index (χ4n) is 3.25. The largest absolute Gasteiger partial charge is 0.454 e. The molecular formula is C22H27NO4. The van der Waals surface area contributed by atoms with E-state index in [2.05, 4.69) is 4.57 Å². The molecule has 0 amide bonds. The molecule has 0 aliphatic heterocycles. The molecule has 0 saturated heterocycles. The fourth-order valence-corrected chi connectivity index (χ4v) is 3.25. The van der Waals surface area contributed by atoms with Gasteiger partial charge in [-0.3, -0.25) is 4.79 Å². The van der Waals surface area contributed by atoms with Gasteiger partial charge < -0.3 is 14.0 Å². The van der Waals surface area contributed by atoms with Gasteiger partial charge in [0, 0.05) is 30.1 Å². The van der Waals surface area contributed by atoms with Gasteiger partial charge in [-0.2, -0.15) is 0 Å². The highest BCUT2D eigenvalue weighted by Gasteiger charge is 2.19. The molecule has 0 saturated carbocycles.